The number of hydrogen-bond donors (Lipinski definition) is 1. The molecule has 1 unspecified atom stereocenters. The van der Waals surface area contributed by atoms with Gasteiger partial charge in [0.15, 0.2) is 0 Å². The van der Waals surface area contributed by atoms with Crippen LogP contribution in [0, 0.1) is 43.1 Å². The standard InChI is InChI=1S/C25H32ClIN2O.U/c1-4-18(2)29-25(13-12-23-21(14-27-3)15-28-16-24(23)26)20-6-5-7-22(11-10-20)30-17-19-8-9-19;/h5-6,11,15,19,24-25,29H,2,4,8-9,12-14,16-17H2,1,3H3;/q-2;/t24?,25-;/m0./s1. The summed E-state index contributed by atoms with van der Waals surface area (Å²) in [5.74, 6) is 1.49. The summed E-state index contributed by atoms with van der Waals surface area (Å²) >= 11 is 6.83. The summed E-state index contributed by atoms with van der Waals surface area (Å²) in [7, 11) is 0. The van der Waals surface area contributed by atoms with Crippen LogP contribution < -0.4 is 26.5 Å². The van der Waals surface area contributed by atoms with Crippen LogP contribution in [-0.2, 0) is 4.74 Å². The van der Waals surface area contributed by atoms with Gasteiger partial charge in [0.05, 0.1) is 0 Å². The normalized spacial score (nSPS) is 21.2. The number of ether oxygens (including phenoxy) is 1. The van der Waals surface area contributed by atoms with Gasteiger partial charge in [-0.2, -0.15) is 0 Å². The summed E-state index contributed by atoms with van der Waals surface area (Å²) in [5, 5.41) is 3.62. The average Bonchev–Trinajstić information content (AvgIpc) is 3.58. The van der Waals surface area contributed by atoms with Crippen LogP contribution in [-0.4, -0.2) is 40.1 Å². The van der Waals surface area contributed by atoms with Gasteiger partial charge in [0.2, 0.25) is 0 Å². The molecule has 0 spiro atoms. The van der Waals surface area contributed by atoms with Gasteiger partial charge in [0.1, 0.15) is 0 Å². The first-order chi connectivity index (χ1) is 14.6. The molecule has 0 saturated heterocycles. The molecule has 0 aromatic carbocycles. The SMILES string of the molecule is C=C(CC)N[C@@H](CCC1=C(C[I-]C)C=NCC1Cl)C1=C=CC(OCC2CC2)=[C-]C=C1.[U]. The van der Waals surface area contributed by atoms with Crippen molar-refractivity contribution in [3.63, 3.8) is 0 Å². The zero-order valence-corrected chi connectivity index (χ0v) is 25.6. The van der Waals surface area contributed by atoms with Gasteiger partial charge in [-0.1, -0.05) is 0 Å². The maximum absolute atomic E-state index is 6.66. The Morgan fingerprint density at radius 2 is 2.29 bits per heavy atom. The fourth-order valence-corrected chi connectivity index (χ4v) is 5.27. The van der Waals surface area contributed by atoms with Crippen LogP contribution in [0.15, 0.2) is 63.7 Å². The zero-order valence-electron chi connectivity index (χ0n) is 18.5. The van der Waals surface area contributed by atoms with Gasteiger partial charge < -0.3 is 0 Å². The molecule has 6 heteroatoms. The Bertz CT molecular complexity index is 819. The number of allylic oxidation sites excluding steroid dienone is 5. The van der Waals surface area contributed by atoms with Crippen molar-refractivity contribution in [2.24, 2.45) is 10.9 Å². The molecule has 1 aliphatic heterocycles. The van der Waals surface area contributed by atoms with Crippen molar-refractivity contribution in [1.82, 2.24) is 5.32 Å². The summed E-state index contributed by atoms with van der Waals surface area (Å²) in [6, 6.07) is 0.127. The molecule has 1 N–H and O–H groups in total. The number of dihydropyridines is 1. The second-order valence-electron chi connectivity index (χ2n) is 7.95. The van der Waals surface area contributed by atoms with Gasteiger partial charge in [0.25, 0.3) is 0 Å². The minimum absolute atomic E-state index is 0. The van der Waals surface area contributed by atoms with E-state index in [1.54, 1.807) is 0 Å². The Labute approximate surface area is 226 Å². The second kappa shape index (κ2) is 14.2. The van der Waals surface area contributed by atoms with E-state index >= 15 is 0 Å². The summed E-state index contributed by atoms with van der Waals surface area (Å²) in [6.45, 7) is 7.76. The Kier molecular flexibility index (Phi) is 12.4. The predicted molar refractivity (Wildman–Crippen MR) is 123 cm³/mol. The van der Waals surface area contributed by atoms with Gasteiger partial charge >= 0.3 is 179 Å². The Hall–Kier alpha value is -0.178. The maximum Gasteiger partial charge on any atom is 0 e. The largest absolute Gasteiger partial charge is 0 e. The number of hydrogen-bond acceptors (Lipinski definition) is 3. The second-order valence-corrected chi connectivity index (χ2v) is 10.8. The smallest absolute Gasteiger partial charge is 0 e. The molecule has 3 aliphatic rings. The quantitative estimate of drug-likeness (QED) is 0.143. The van der Waals surface area contributed by atoms with Crippen molar-refractivity contribution >= 4 is 17.8 Å². The third-order valence-electron chi connectivity index (χ3n) is 5.49. The number of alkyl halides is 3. The van der Waals surface area contributed by atoms with E-state index in [-0.39, 0.29) is 63.7 Å². The fourth-order valence-electron chi connectivity index (χ4n) is 3.43. The average molecular weight is 777 g/mol. The van der Waals surface area contributed by atoms with Gasteiger partial charge in [-0.05, 0) is 18.8 Å². The Balaban J connectivity index is 0.00000341. The van der Waals surface area contributed by atoms with Gasteiger partial charge in [-0.3, -0.25) is 0 Å². The molecule has 1 fully saturated rings. The minimum atomic E-state index is 0. The van der Waals surface area contributed by atoms with Crippen LogP contribution >= 0.6 is 11.6 Å². The Morgan fingerprint density at radius 1 is 1.48 bits per heavy atom. The molecule has 2 aliphatic carbocycles. The van der Waals surface area contributed by atoms with Crippen molar-refractivity contribution in [2.45, 2.75) is 50.4 Å². The third-order valence-corrected chi connectivity index (χ3v) is 7.48. The van der Waals surface area contributed by atoms with Gasteiger partial charge in [0, 0.05) is 31.1 Å². The van der Waals surface area contributed by atoms with Crippen molar-refractivity contribution in [3.8, 4) is 0 Å². The number of aliphatic imine (C=N–C) groups is 1. The van der Waals surface area contributed by atoms with Crippen LogP contribution in [0.1, 0.15) is 39.0 Å². The summed E-state index contributed by atoms with van der Waals surface area (Å²) < 4.78 is 7.02. The van der Waals surface area contributed by atoms with E-state index in [2.05, 4.69) is 52.8 Å². The van der Waals surface area contributed by atoms with E-state index in [0.29, 0.717) is 6.54 Å². The predicted octanol–water partition coefficient (Wildman–Crippen LogP) is 2.12. The van der Waals surface area contributed by atoms with E-state index in [9.17, 15) is 0 Å². The van der Waals surface area contributed by atoms with E-state index in [4.69, 9.17) is 16.3 Å². The van der Waals surface area contributed by atoms with E-state index < -0.39 is 0 Å². The molecule has 168 valence electrons. The molecule has 3 rings (SSSR count). The Morgan fingerprint density at radius 3 is 3.00 bits per heavy atom. The van der Waals surface area contributed by atoms with Crippen molar-refractivity contribution < 1.29 is 57.1 Å². The van der Waals surface area contributed by atoms with Crippen LogP contribution in [0.3, 0.4) is 0 Å². The van der Waals surface area contributed by atoms with Crippen LogP contribution in [0.5, 0.6) is 0 Å². The fraction of sp³-hybridized carbons (Fsp3) is 0.520. The third kappa shape index (κ3) is 8.94. The maximum atomic E-state index is 6.66. The van der Waals surface area contributed by atoms with Gasteiger partial charge in [-0.25, -0.2) is 0 Å². The molecule has 0 aromatic heterocycles. The molecular formula is C25H32ClIN2OU-2. The zero-order chi connectivity index (χ0) is 21.3. The van der Waals surface area contributed by atoms with Crippen LogP contribution in [0.2, 0.25) is 0 Å². The molecule has 3 nitrogen and oxygen atoms in total. The van der Waals surface area contributed by atoms with Crippen LogP contribution in [0.4, 0.5) is 0 Å². The monoisotopic (exact) mass is 776 g/mol. The summed E-state index contributed by atoms with van der Waals surface area (Å²) in [4.78, 5) is 6.76. The molecule has 0 bridgehead atoms. The molecule has 1 saturated carbocycles. The van der Waals surface area contributed by atoms with Crippen molar-refractivity contribution in [3.05, 3.63) is 64.8 Å². The molecule has 2 atom stereocenters. The first kappa shape index (κ1) is 27.1. The molecule has 1 heterocycles. The number of rotatable bonds is 12. The molecule has 31 heavy (non-hydrogen) atoms. The number of nitrogens with zero attached hydrogens (tertiary/aromatic N) is 1. The summed E-state index contributed by atoms with van der Waals surface area (Å²) in [5.41, 5.74) is 8.31. The molecule has 0 aromatic rings. The minimum Gasteiger partial charge on any atom is 0 e. The van der Waals surface area contributed by atoms with Gasteiger partial charge in [-0.15, -0.1) is 0 Å². The molecule has 0 amide bonds. The van der Waals surface area contributed by atoms with Crippen molar-refractivity contribution in [2.75, 3.05) is 22.5 Å². The number of nitrogens with one attached hydrogen (secondary N) is 1. The molecule has 0 radical (unpaired) electrons. The number of halogens is 2. The van der Waals surface area contributed by atoms with E-state index in [1.807, 2.05) is 12.2 Å². The first-order valence-corrected chi connectivity index (χ1v) is 14.9. The van der Waals surface area contributed by atoms with Crippen LogP contribution in [0.25, 0.3) is 0 Å². The molecular weight excluding hydrogens is 745 g/mol. The topological polar surface area (TPSA) is 33.6 Å². The first-order valence-electron chi connectivity index (χ1n) is 10.7. The van der Waals surface area contributed by atoms with Crippen molar-refractivity contribution in [1.29, 1.82) is 0 Å². The van der Waals surface area contributed by atoms with E-state index in [0.717, 1.165) is 53.2 Å². The van der Waals surface area contributed by atoms with E-state index in [1.165, 1.54) is 24.0 Å². The summed E-state index contributed by atoms with van der Waals surface area (Å²) in [6.07, 6.45) is 16.6.